The summed E-state index contributed by atoms with van der Waals surface area (Å²) in [5, 5.41) is 0. The molecule has 2 fully saturated rings. The first-order chi connectivity index (χ1) is 11.7. The zero-order valence-corrected chi connectivity index (χ0v) is 15.1. The summed E-state index contributed by atoms with van der Waals surface area (Å²) in [6.45, 7) is 7.59. The lowest BCUT2D eigenvalue weighted by molar-refractivity contribution is -0.138. The largest absolute Gasteiger partial charge is 0.342 e. The van der Waals surface area contributed by atoms with Crippen LogP contribution in [0.4, 0.5) is 0 Å². The van der Waals surface area contributed by atoms with Crippen molar-refractivity contribution in [3.63, 3.8) is 0 Å². The van der Waals surface area contributed by atoms with Crippen molar-refractivity contribution in [2.75, 3.05) is 32.7 Å². The molecule has 1 atom stereocenters. The van der Waals surface area contributed by atoms with E-state index in [1.165, 1.54) is 24.8 Å². The number of rotatable bonds is 5. The molecule has 3 nitrogen and oxygen atoms in total. The predicted molar refractivity (Wildman–Crippen MR) is 98.9 cm³/mol. The number of aryl methyl sites for hydroxylation is 1. The number of amides is 1. The van der Waals surface area contributed by atoms with Crippen LogP contribution in [0.15, 0.2) is 30.3 Å². The van der Waals surface area contributed by atoms with Gasteiger partial charge >= 0.3 is 0 Å². The Hall–Kier alpha value is -1.35. The van der Waals surface area contributed by atoms with Crippen LogP contribution in [0.5, 0.6) is 0 Å². The Morgan fingerprint density at radius 1 is 1.08 bits per heavy atom. The number of carbonyl (C=O) groups excluding carboxylic acids is 1. The van der Waals surface area contributed by atoms with Crippen molar-refractivity contribution in [2.24, 2.45) is 11.8 Å². The number of carbonyl (C=O) groups is 1. The smallest absolute Gasteiger partial charge is 0.225 e. The Morgan fingerprint density at radius 3 is 2.54 bits per heavy atom. The van der Waals surface area contributed by atoms with Crippen molar-refractivity contribution < 1.29 is 4.79 Å². The maximum atomic E-state index is 12.7. The van der Waals surface area contributed by atoms with Gasteiger partial charge in [0.15, 0.2) is 0 Å². The number of hydrogen-bond acceptors (Lipinski definition) is 2. The second-order valence-electron chi connectivity index (χ2n) is 7.74. The Balaban J connectivity index is 1.37. The van der Waals surface area contributed by atoms with Crippen LogP contribution in [-0.4, -0.2) is 48.4 Å². The van der Waals surface area contributed by atoms with Crippen molar-refractivity contribution in [1.29, 1.82) is 0 Å². The van der Waals surface area contributed by atoms with Gasteiger partial charge in [0.2, 0.25) is 5.91 Å². The third kappa shape index (κ3) is 4.83. The minimum atomic E-state index is 0.278. The Labute approximate surface area is 147 Å². The molecule has 2 aliphatic rings. The average molecular weight is 329 g/mol. The van der Waals surface area contributed by atoms with E-state index in [1.807, 2.05) is 0 Å². The van der Waals surface area contributed by atoms with Gasteiger partial charge in [0.05, 0.1) is 0 Å². The first-order valence-corrected chi connectivity index (χ1v) is 9.77. The van der Waals surface area contributed by atoms with E-state index in [2.05, 4.69) is 47.1 Å². The highest BCUT2D eigenvalue weighted by Crippen LogP contribution is 2.23. The highest BCUT2D eigenvalue weighted by Gasteiger charge is 2.30. The van der Waals surface area contributed by atoms with E-state index in [4.69, 9.17) is 0 Å². The van der Waals surface area contributed by atoms with E-state index in [0.717, 1.165) is 52.0 Å². The van der Waals surface area contributed by atoms with Crippen LogP contribution in [0, 0.1) is 11.8 Å². The lowest BCUT2D eigenvalue weighted by Gasteiger charge is -2.37. The van der Waals surface area contributed by atoms with Crippen LogP contribution in [0.25, 0.3) is 0 Å². The van der Waals surface area contributed by atoms with E-state index >= 15 is 0 Å². The minimum Gasteiger partial charge on any atom is -0.342 e. The number of hydrogen-bond donors (Lipinski definition) is 0. The Morgan fingerprint density at radius 2 is 1.83 bits per heavy atom. The molecule has 0 aliphatic carbocycles. The summed E-state index contributed by atoms with van der Waals surface area (Å²) < 4.78 is 0. The summed E-state index contributed by atoms with van der Waals surface area (Å²) in [5.41, 5.74) is 1.43. The van der Waals surface area contributed by atoms with Crippen LogP contribution >= 0.6 is 0 Å². The molecule has 1 amide bonds. The van der Waals surface area contributed by atoms with Gasteiger partial charge in [-0.1, -0.05) is 37.3 Å². The maximum Gasteiger partial charge on any atom is 0.225 e. The summed E-state index contributed by atoms with van der Waals surface area (Å²) >= 11 is 0. The van der Waals surface area contributed by atoms with Crippen LogP contribution in [-0.2, 0) is 11.2 Å². The molecule has 1 aromatic rings. The molecule has 0 N–H and O–H groups in total. The Kier molecular flexibility index (Phi) is 6.30. The number of nitrogens with zero attached hydrogens (tertiary/aromatic N) is 2. The summed E-state index contributed by atoms with van der Waals surface area (Å²) in [4.78, 5) is 17.4. The van der Waals surface area contributed by atoms with Crippen molar-refractivity contribution in [3.8, 4) is 0 Å². The molecule has 0 saturated carbocycles. The fourth-order valence-corrected chi connectivity index (χ4v) is 4.20. The zero-order valence-electron chi connectivity index (χ0n) is 15.1. The fourth-order valence-electron chi connectivity index (χ4n) is 4.20. The lowest BCUT2D eigenvalue weighted by atomic mass is 9.92. The molecular weight excluding hydrogens is 296 g/mol. The normalized spacial score (nSPS) is 23.4. The second kappa shape index (κ2) is 8.66. The molecule has 24 heavy (non-hydrogen) atoms. The van der Waals surface area contributed by atoms with Gasteiger partial charge in [0.1, 0.15) is 0 Å². The van der Waals surface area contributed by atoms with Gasteiger partial charge in [-0.05, 0) is 69.6 Å². The topological polar surface area (TPSA) is 23.6 Å². The molecule has 3 rings (SSSR count). The van der Waals surface area contributed by atoms with E-state index in [9.17, 15) is 4.79 Å². The standard InChI is InChI=1S/C21H32N2O/c1-18-7-5-14-23(17-18)21(24)20-11-15-22(16-12-20)13-6-10-19-8-3-2-4-9-19/h2-4,8-9,18,20H,5-7,10-17H2,1H3/t18-/m1/s1. The third-order valence-electron chi connectivity index (χ3n) is 5.69. The SMILES string of the molecule is C[C@@H]1CCCN(C(=O)C2CCN(CCCc3ccccc3)CC2)C1. The molecule has 0 aromatic heterocycles. The fraction of sp³-hybridized carbons (Fsp3) is 0.667. The molecule has 2 heterocycles. The van der Waals surface area contributed by atoms with E-state index < -0.39 is 0 Å². The number of piperidine rings is 2. The van der Waals surface area contributed by atoms with Crippen LogP contribution in [0.1, 0.15) is 44.6 Å². The lowest BCUT2D eigenvalue weighted by Crippen LogP contribution is -2.46. The van der Waals surface area contributed by atoms with E-state index in [1.54, 1.807) is 0 Å². The van der Waals surface area contributed by atoms with Gasteiger partial charge in [-0.2, -0.15) is 0 Å². The average Bonchev–Trinajstić information content (AvgIpc) is 2.63. The van der Waals surface area contributed by atoms with Crippen LogP contribution in [0.2, 0.25) is 0 Å². The quantitative estimate of drug-likeness (QED) is 0.825. The van der Waals surface area contributed by atoms with Crippen molar-refractivity contribution in [1.82, 2.24) is 9.80 Å². The molecule has 0 spiro atoms. The highest BCUT2D eigenvalue weighted by atomic mass is 16.2. The monoisotopic (exact) mass is 328 g/mol. The van der Waals surface area contributed by atoms with Crippen LogP contribution < -0.4 is 0 Å². The summed E-state index contributed by atoms with van der Waals surface area (Å²) in [6.07, 6.45) is 6.94. The molecule has 3 heteroatoms. The van der Waals surface area contributed by atoms with Gasteiger partial charge in [-0.25, -0.2) is 0 Å². The first kappa shape index (κ1) is 17.5. The Bertz CT molecular complexity index is 508. The number of likely N-dealkylation sites (tertiary alicyclic amines) is 2. The molecule has 2 aliphatic heterocycles. The predicted octanol–water partition coefficient (Wildman–Crippen LogP) is 3.59. The van der Waals surface area contributed by atoms with Gasteiger partial charge in [-0.3, -0.25) is 4.79 Å². The van der Waals surface area contributed by atoms with E-state index in [-0.39, 0.29) is 5.92 Å². The van der Waals surface area contributed by atoms with Gasteiger partial charge in [0.25, 0.3) is 0 Å². The summed E-state index contributed by atoms with van der Waals surface area (Å²) in [5.74, 6) is 1.40. The molecule has 1 aromatic carbocycles. The summed E-state index contributed by atoms with van der Waals surface area (Å²) in [6, 6.07) is 10.7. The maximum absolute atomic E-state index is 12.7. The van der Waals surface area contributed by atoms with Gasteiger partial charge in [0, 0.05) is 19.0 Å². The zero-order chi connectivity index (χ0) is 16.8. The molecule has 2 saturated heterocycles. The molecule has 132 valence electrons. The molecule has 0 bridgehead atoms. The molecular formula is C21H32N2O. The minimum absolute atomic E-state index is 0.278. The second-order valence-corrected chi connectivity index (χ2v) is 7.74. The van der Waals surface area contributed by atoms with Crippen molar-refractivity contribution >= 4 is 5.91 Å². The van der Waals surface area contributed by atoms with Gasteiger partial charge < -0.3 is 9.80 Å². The van der Waals surface area contributed by atoms with E-state index in [0.29, 0.717) is 11.8 Å². The first-order valence-electron chi connectivity index (χ1n) is 9.77. The molecule has 0 radical (unpaired) electrons. The highest BCUT2D eigenvalue weighted by molar-refractivity contribution is 5.79. The summed E-state index contributed by atoms with van der Waals surface area (Å²) in [7, 11) is 0. The van der Waals surface area contributed by atoms with Crippen molar-refractivity contribution in [2.45, 2.75) is 45.4 Å². The third-order valence-corrected chi connectivity index (χ3v) is 5.69. The van der Waals surface area contributed by atoms with Crippen LogP contribution in [0.3, 0.4) is 0 Å². The number of benzene rings is 1. The van der Waals surface area contributed by atoms with Crippen molar-refractivity contribution in [3.05, 3.63) is 35.9 Å². The van der Waals surface area contributed by atoms with Gasteiger partial charge in [-0.15, -0.1) is 0 Å². The molecule has 0 unspecified atom stereocenters.